The molecule has 2 aliphatic rings. The fourth-order valence-electron chi connectivity index (χ4n) is 4.84. The second-order valence-corrected chi connectivity index (χ2v) is 11.4. The Labute approximate surface area is 203 Å². The first kappa shape index (κ1) is 24.5. The van der Waals surface area contributed by atoms with E-state index in [1.807, 2.05) is 0 Å². The number of hydrogen-bond acceptors (Lipinski definition) is 5. The highest BCUT2D eigenvalue weighted by Crippen LogP contribution is 2.26. The van der Waals surface area contributed by atoms with Gasteiger partial charge in [0.05, 0.1) is 12.0 Å². The van der Waals surface area contributed by atoms with Gasteiger partial charge in [0.1, 0.15) is 5.75 Å². The standard InChI is InChI=1S/C26H35N3O4S/c1-20-4-3-15-28(19-20)23-7-5-21(6-8-23)18-27-26(30)22-13-16-29(17-14-22)34(31,32)25-11-9-24(33-2)10-12-25/h5-12,20,22H,3-4,13-19H2,1-2H3,(H,27,30). The minimum atomic E-state index is -3.57. The third-order valence-corrected chi connectivity index (χ3v) is 8.86. The lowest BCUT2D eigenvalue weighted by Gasteiger charge is -2.33. The van der Waals surface area contributed by atoms with Crippen molar-refractivity contribution in [3.05, 3.63) is 54.1 Å². The number of carbonyl (C=O) groups excluding carboxylic acids is 1. The Kier molecular flexibility index (Phi) is 7.78. The Bertz CT molecular complexity index is 1060. The molecule has 1 N–H and O–H groups in total. The normalized spacial score (nSPS) is 20.2. The molecule has 7 nitrogen and oxygen atoms in total. The number of ether oxygens (including phenoxy) is 1. The van der Waals surface area contributed by atoms with Crippen molar-refractivity contribution in [1.82, 2.24) is 9.62 Å². The monoisotopic (exact) mass is 485 g/mol. The molecule has 8 heteroatoms. The summed E-state index contributed by atoms with van der Waals surface area (Å²) >= 11 is 0. The lowest BCUT2D eigenvalue weighted by molar-refractivity contribution is -0.126. The molecule has 2 aromatic carbocycles. The summed E-state index contributed by atoms with van der Waals surface area (Å²) in [7, 11) is -2.02. The van der Waals surface area contributed by atoms with Gasteiger partial charge in [0, 0.05) is 44.3 Å². The fraction of sp³-hybridized carbons (Fsp3) is 0.500. The summed E-state index contributed by atoms with van der Waals surface area (Å²) in [5.74, 6) is 1.17. The third kappa shape index (κ3) is 5.73. The zero-order valence-corrected chi connectivity index (χ0v) is 20.9. The minimum Gasteiger partial charge on any atom is -0.497 e. The second-order valence-electron chi connectivity index (χ2n) is 9.43. The average molecular weight is 486 g/mol. The smallest absolute Gasteiger partial charge is 0.243 e. The Morgan fingerprint density at radius 2 is 1.68 bits per heavy atom. The summed E-state index contributed by atoms with van der Waals surface area (Å²) in [5.41, 5.74) is 2.31. The number of benzene rings is 2. The maximum Gasteiger partial charge on any atom is 0.243 e. The van der Waals surface area contributed by atoms with Gasteiger partial charge in [-0.3, -0.25) is 4.79 Å². The van der Waals surface area contributed by atoms with E-state index in [0.29, 0.717) is 38.2 Å². The van der Waals surface area contributed by atoms with Crippen LogP contribution in [0.5, 0.6) is 5.75 Å². The second kappa shape index (κ2) is 10.8. The Balaban J connectivity index is 1.26. The van der Waals surface area contributed by atoms with Crippen molar-refractivity contribution in [2.24, 2.45) is 11.8 Å². The van der Waals surface area contributed by atoms with E-state index < -0.39 is 10.0 Å². The zero-order chi connectivity index (χ0) is 24.1. The van der Waals surface area contributed by atoms with Crippen LogP contribution >= 0.6 is 0 Å². The maximum absolute atomic E-state index is 12.9. The molecule has 4 rings (SSSR count). The van der Waals surface area contributed by atoms with Crippen LogP contribution in [-0.4, -0.2) is 51.9 Å². The number of methoxy groups -OCH3 is 1. The van der Waals surface area contributed by atoms with E-state index in [1.165, 1.54) is 22.8 Å². The van der Waals surface area contributed by atoms with E-state index in [0.717, 1.165) is 24.6 Å². The largest absolute Gasteiger partial charge is 0.497 e. The summed E-state index contributed by atoms with van der Waals surface area (Å²) in [6, 6.07) is 14.9. The lowest BCUT2D eigenvalue weighted by atomic mass is 9.97. The number of piperidine rings is 2. The van der Waals surface area contributed by atoms with Gasteiger partial charge in [0.2, 0.25) is 15.9 Å². The van der Waals surface area contributed by atoms with Crippen molar-refractivity contribution in [3.63, 3.8) is 0 Å². The van der Waals surface area contributed by atoms with Crippen molar-refractivity contribution in [1.29, 1.82) is 0 Å². The molecule has 0 aromatic heterocycles. The van der Waals surface area contributed by atoms with Crippen LogP contribution < -0.4 is 15.0 Å². The number of nitrogens with one attached hydrogen (secondary N) is 1. The highest BCUT2D eigenvalue weighted by Gasteiger charge is 2.32. The molecule has 0 spiro atoms. The molecule has 0 bridgehead atoms. The first-order valence-corrected chi connectivity index (χ1v) is 13.6. The van der Waals surface area contributed by atoms with Crippen LogP contribution in [0.25, 0.3) is 0 Å². The first-order valence-electron chi connectivity index (χ1n) is 12.1. The summed E-state index contributed by atoms with van der Waals surface area (Å²) in [6.45, 7) is 5.68. The quantitative estimate of drug-likeness (QED) is 0.648. The number of amides is 1. The van der Waals surface area contributed by atoms with Crippen LogP contribution in [0.4, 0.5) is 5.69 Å². The van der Waals surface area contributed by atoms with E-state index in [1.54, 1.807) is 31.4 Å². The topological polar surface area (TPSA) is 79.0 Å². The molecule has 184 valence electrons. The number of nitrogens with zero attached hydrogens (tertiary/aromatic N) is 2. The summed E-state index contributed by atoms with van der Waals surface area (Å²) in [6.07, 6.45) is 3.58. The van der Waals surface area contributed by atoms with Crippen LogP contribution in [0.3, 0.4) is 0 Å². The van der Waals surface area contributed by atoms with Gasteiger partial charge in [-0.1, -0.05) is 19.1 Å². The van der Waals surface area contributed by atoms with Gasteiger partial charge >= 0.3 is 0 Å². The van der Waals surface area contributed by atoms with Crippen LogP contribution in [0, 0.1) is 11.8 Å². The number of rotatable bonds is 7. The van der Waals surface area contributed by atoms with Gasteiger partial charge in [-0.25, -0.2) is 8.42 Å². The number of sulfonamides is 1. The molecular weight excluding hydrogens is 450 g/mol. The van der Waals surface area contributed by atoms with E-state index in [4.69, 9.17) is 4.74 Å². The first-order chi connectivity index (χ1) is 16.4. The molecule has 34 heavy (non-hydrogen) atoms. The molecule has 0 saturated carbocycles. The molecule has 1 unspecified atom stereocenters. The van der Waals surface area contributed by atoms with Crippen LogP contribution in [0.1, 0.15) is 38.2 Å². The molecule has 2 aliphatic heterocycles. The maximum atomic E-state index is 12.9. The molecule has 2 aromatic rings. The van der Waals surface area contributed by atoms with E-state index >= 15 is 0 Å². The Morgan fingerprint density at radius 3 is 2.29 bits per heavy atom. The molecule has 0 aliphatic carbocycles. The summed E-state index contributed by atoms with van der Waals surface area (Å²) in [4.78, 5) is 15.4. The van der Waals surface area contributed by atoms with Crippen LogP contribution in [-0.2, 0) is 21.4 Å². The van der Waals surface area contributed by atoms with Gasteiger partial charge in [-0.15, -0.1) is 0 Å². The molecule has 1 amide bonds. The summed E-state index contributed by atoms with van der Waals surface area (Å²) in [5, 5.41) is 3.04. The third-order valence-electron chi connectivity index (χ3n) is 6.95. The van der Waals surface area contributed by atoms with E-state index in [2.05, 4.69) is 41.4 Å². The van der Waals surface area contributed by atoms with Crippen molar-refractivity contribution in [2.45, 2.75) is 44.0 Å². The van der Waals surface area contributed by atoms with Crippen molar-refractivity contribution < 1.29 is 17.9 Å². The fourth-order valence-corrected chi connectivity index (χ4v) is 6.31. The van der Waals surface area contributed by atoms with Gasteiger partial charge < -0.3 is 15.0 Å². The predicted molar refractivity (Wildman–Crippen MR) is 133 cm³/mol. The highest BCUT2D eigenvalue weighted by molar-refractivity contribution is 7.89. The predicted octanol–water partition coefficient (Wildman–Crippen LogP) is 3.65. The highest BCUT2D eigenvalue weighted by atomic mass is 32.2. The summed E-state index contributed by atoms with van der Waals surface area (Å²) < 4.78 is 32.4. The van der Waals surface area contributed by atoms with E-state index in [-0.39, 0.29) is 16.7 Å². The van der Waals surface area contributed by atoms with Gasteiger partial charge in [0.15, 0.2) is 0 Å². The van der Waals surface area contributed by atoms with Crippen molar-refractivity contribution in [3.8, 4) is 5.75 Å². The number of anilines is 1. The van der Waals surface area contributed by atoms with Crippen molar-refractivity contribution in [2.75, 3.05) is 38.2 Å². The molecule has 2 heterocycles. The minimum absolute atomic E-state index is 0.00423. The van der Waals surface area contributed by atoms with Gasteiger partial charge in [-0.2, -0.15) is 4.31 Å². The SMILES string of the molecule is COc1ccc(S(=O)(=O)N2CCC(C(=O)NCc3ccc(N4CCCC(C)C4)cc3)CC2)cc1. The molecule has 2 saturated heterocycles. The van der Waals surface area contributed by atoms with Crippen LogP contribution in [0.15, 0.2) is 53.4 Å². The molecule has 1 atom stereocenters. The Hall–Kier alpha value is -2.58. The Morgan fingerprint density at radius 1 is 1.00 bits per heavy atom. The molecule has 2 fully saturated rings. The zero-order valence-electron chi connectivity index (χ0n) is 20.1. The van der Waals surface area contributed by atoms with Crippen LogP contribution in [0.2, 0.25) is 0 Å². The number of hydrogen-bond donors (Lipinski definition) is 1. The van der Waals surface area contributed by atoms with E-state index in [9.17, 15) is 13.2 Å². The number of carbonyl (C=O) groups is 1. The molecular formula is C26H35N3O4S. The van der Waals surface area contributed by atoms with Gasteiger partial charge in [0.25, 0.3) is 0 Å². The average Bonchev–Trinajstić information content (AvgIpc) is 2.87. The lowest BCUT2D eigenvalue weighted by Crippen LogP contribution is -2.42. The van der Waals surface area contributed by atoms with Crippen molar-refractivity contribution >= 4 is 21.6 Å². The molecule has 0 radical (unpaired) electrons. The van der Waals surface area contributed by atoms with Gasteiger partial charge in [-0.05, 0) is 73.6 Å².